The fourth-order valence-corrected chi connectivity index (χ4v) is 4.47. The van der Waals surface area contributed by atoms with Crippen molar-refractivity contribution in [1.29, 1.82) is 0 Å². The van der Waals surface area contributed by atoms with Crippen molar-refractivity contribution in [2.75, 3.05) is 0 Å². The van der Waals surface area contributed by atoms with Crippen LogP contribution in [0.3, 0.4) is 0 Å². The number of para-hydroxylation sites is 1. The van der Waals surface area contributed by atoms with Crippen LogP contribution in [-0.2, 0) is 23.4 Å². The number of fused-ring (bicyclic) bond motifs is 1. The molecule has 2 heterocycles. The monoisotopic (exact) mass is 485 g/mol. The molecule has 3 aromatic carbocycles. The molecule has 0 bridgehead atoms. The maximum Gasteiger partial charge on any atom is 0.275 e. The number of nitrogens with zero attached hydrogens (tertiary/aromatic N) is 3. The minimum Gasteiger partial charge on any atom is -0.306 e. The highest BCUT2D eigenvalue weighted by Gasteiger charge is 2.16. The summed E-state index contributed by atoms with van der Waals surface area (Å²) in [7, 11) is 0. The van der Waals surface area contributed by atoms with Gasteiger partial charge in [-0.3, -0.25) is 9.78 Å². The summed E-state index contributed by atoms with van der Waals surface area (Å²) in [5.74, 6) is -0.379. The Kier molecular flexibility index (Phi) is 6.31. The number of benzene rings is 3. The highest BCUT2D eigenvalue weighted by atomic mass is 32.2. The first-order valence-corrected chi connectivity index (χ1v) is 12.1. The van der Waals surface area contributed by atoms with E-state index in [1.54, 1.807) is 42.6 Å². The molecule has 0 aliphatic rings. The van der Waals surface area contributed by atoms with Crippen LogP contribution in [0, 0.1) is 5.82 Å². The van der Waals surface area contributed by atoms with E-state index in [1.165, 1.54) is 16.8 Å². The van der Waals surface area contributed by atoms with Crippen LogP contribution in [0.25, 0.3) is 33.2 Å². The second kappa shape index (κ2) is 9.69. The second-order valence-corrected chi connectivity index (χ2v) is 8.99. The summed E-state index contributed by atoms with van der Waals surface area (Å²) in [5, 5.41) is 5.41. The van der Waals surface area contributed by atoms with Gasteiger partial charge >= 0.3 is 0 Å². The lowest BCUT2D eigenvalue weighted by Gasteiger charge is -2.13. The first-order valence-electron chi connectivity index (χ1n) is 10.9. The minimum atomic E-state index is -1.95. The molecular formula is C27H20FN3O3S. The average Bonchev–Trinajstić information content (AvgIpc) is 2.86. The normalized spacial score (nSPS) is 12.1. The van der Waals surface area contributed by atoms with Gasteiger partial charge in [-0.05, 0) is 41.0 Å². The lowest BCUT2D eigenvalue weighted by molar-refractivity contribution is 0.563. The van der Waals surface area contributed by atoms with Gasteiger partial charge in [-0.1, -0.05) is 60.7 Å². The summed E-state index contributed by atoms with van der Waals surface area (Å²) < 4.78 is 35.2. The standard InChI is InChI=1S/C27H20FN3O3S/c28-22-12-9-21(10-13-22)26-24(19-7-5-18(6-8-19)17-35(33)34)15-29-31(27(26)32)16-23-14-11-20-3-1-2-4-25(20)30-23/h1-15H,16-17H2,(H,33,34). The van der Waals surface area contributed by atoms with Crippen LogP contribution in [0.1, 0.15) is 11.3 Å². The molecule has 5 rings (SSSR count). The van der Waals surface area contributed by atoms with Crippen LogP contribution in [0.4, 0.5) is 4.39 Å². The number of aromatic nitrogens is 3. The maximum absolute atomic E-state index is 13.6. The molecule has 0 aliphatic carbocycles. The van der Waals surface area contributed by atoms with E-state index in [0.717, 1.165) is 16.5 Å². The molecule has 6 nitrogen and oxygen atoms in total. The van der Waals surface area contributed by atoms with E-state index in [0.29, 0.717) is 27.9 Å². The summed E-state index contributed by atoms with van der Waals surface area (Å²) >= 11 is -1.95. The van der Waals surface area contributed by atoms with E-state index < -0.39 is 16.9 Å². The number of halogens is 1. The molecule has 0 spiro atoms. The van der Waals surface area contributed by atoms with Crippen molar-refractivity contribution >= 4 is 22.0 Å². The van der Waals surface area contributed by atoms with Crippen molar-refractivity contribution in [2.45, 2.75) is 12.3 Å². The first-order chi connectivity index (χ1) is 17.0. The Balaban J connectivity index is 1.59. The fraction of sp³-hybridized carbons (Fsp3) is 0.0741. The van der Waals surface area contributed by atoms with Crippen LogP contribution >= 0.6 is 0 Å². The zero-order valence-electron chi connectivity index (χ0n) is 18.5. The lowest BCUT2D eigenvalue weighted by atomic mass is 9.96. The molecule has 2 aromatic heterocycles. The van der Waals surface area contributed by atoms with Gasteiger partial charge in [-0.15, -0.1) is 0 Å². The van der Waals surface area contributed by atoms with Crippen molar-refractivity contribution in [3.63, 3.8) is 0 Å². The molecule has 0 saturated heterocycles. The van der Waals surface area contributed by atoms with E-state index in [9.17, 15) is 13.4 Å². The molecule has 0 aliphatic heterocycles. The summed E-state index contributed by atoms with van der Waals surface area (Å²) in [6.45, 7) is 0.180. The molecule has 0 amide bonds. The third-order valence-corrected chi connectivity index (χ3v) is 6.28. The molecule has 1 N–H and O–H groups in total. The van der Waals surface area contributed by atoms with Gasteiger partial charge < -0.3 is 4.55 Å². The van der Waals surface area contributed by atoms with E-state index in [1.807, 2.05) is 36.4 Å². The van der Waals surface area contributed by atoms with Gasteiger partial charge in [0.1, 0.15) is 5.82 Å². The number of hydrogen-bond donors (Lipinski definition) is 1. The summed E-state index contributed by atoms with van der Waals surface area (Å²) in [6.07, 6.45) is 1.61. The lowest BCUT2D eigenvalue weighted by Crippen LogP contribution is -2.26. The van der Waals surface area contributed by atoms with Crippen molar-refractivity contribution in [2.24, 2.45) is 0 Å². The van der Waals surface area contributed by atoms with Gasteiger partial charge in [0.25, 0.3) is 5.56 Å². The second-order valence-electron chi connectivity index (χ2n) is 8.06. The summed E-state index contributed by atoms with van der Waals surface area (Å²) in [6, 6.07) is 24.4. The van der Waals surface area contributed by atoms with Gasteiger partial charge in [-0.2, -0.15) is 5.10 Å². The van der Waals surface area contributed by atoms with E-state index in [2.05, 4.69) is 10.1 Å². The molecular weight excluding hydrogens is 465 g/mol. The maximum atomic E-state index is 13.6. The zero-order valence-corrected chi connectivity index (χ0v) is 19.3. The van der Waals surface area contributed by atoms with Crippen molar-refractivity contribution in [3.05, 3.63) is 119 Å². The average molecular weight is 486 g/mol. The van der Waals surface area contributed by atoms with Gasteiger partial charge in [0.15, 0.2) is 11.1 Å². The zero-order chi connectivity index (χ0) is 24.4. The molecule has 1 unspecified atom stereocenters. The molecule has 1 atom stereocenters. The Labute approximate surface area is 203 Å². The Hall–Kier alpha value is -4.01. The van der Waals surface area contributed by atoms with Crippen molar-refractivity contribution in [1.82, 2.24) is 14.8 Å². The highest BCUT2D eigenvalue weighted by Crippen LogP contribution is 2.29. The molecule has 0 fully saturated rings. The third kappa shape index (κ3) is 4.94. The van der Waals surface area contributed by atoms with Crippen molar-refractivity contribution in [3.8, 4) is 22.3 Å². The molecule has 8 heteroatoms. The largest absolute Gasteiger partial charge is 0.306 e. The molecule has 5 aromatic rings. The summed E-state index contributed by atoms with van der Waals surface area (Å²) in [4.78, 5) is 18.3. The predicted molar refractivity (Wildman–Crippen MR) is 135 cm³/mol. The van der Waals surface area contributed by atoms with Crippen LogP contribution < -0.4 is 5.56 Å². The third-order valence-electron chi connectivity index (χ3n) is 5.70. The van der Waals surface area contributed by atoms with E-state index in [-0.39, 0.29) is 17.9 Å². The quantitative estimate of drug-likeness (QED) is 0.341. The first kappa shape index (κ1) is 22.8. The van der Waals surface area contributed by atoms with Crippen LogP contribution in [0.15, 0.2) is 95.9 Å². The topological polar surface area (TPSA) is 85.1 Å². The number of hydrogen-bond acceptors (Lipinski definition) is 4. The smallest absolute Gasteiger partial charge is 0.275 e. The molecule has 0 radical (unpaired) electrons. The van der Waals surface area contributed by atoms with Crippen molar-refractivity contribution < 1.29 is 13.2 Å². The van der Waals surface area contributed by atoms with Crippen LogP contribution in [0.5, 0.6) is 0 Å². The van der Waals surface area contributed by atoms with Gasteiger partial charge in [-0.25, -0.2) is 13.3 Å². The van der Waals surface area contributed by atoms with E-state index >= 15 is 0 Å². The van der Waals surface area contributed by atoms with Crippen LogP contribution in [0.2, 0.25) is 0 Å². The highest BCUT2D eigenvalue weighted by molar-refractivity contribution is 7.78. The minimum absolute atomic E-state index is 0.0176. The SMILES string of the molecule is O=c1c(-c2ccc(F)cc2)c(-c2ccc(CS(=O)O)cc2)cnn1Cc1ccc2ccccc2n1. The Morgan fingerprint density at radius 3 is 2.34 bits per heavy atom. The molecule has 35 heavy (non-hydrogen) atoms. The number of pyridine rings is 1. The Bertz CT molecular complexity index is 1600. The summed E-state index contributed by atoms with van der Waals surface area (Å²) in [5.41, 5.74) is 4.15. The van der Waals surface area contributed by atoms with Gasteiger partial charge in [0.05, 0.1) is 35.3 Å². The molecule has 174 valence electrons. The van der Waals surface area contributed by atoms with Gasteiger partial charge in [0, 0.05) is 10.9 Å². The fourth-order valence-electron chi connectivity index (χ4n) is 3.99. The Morgan fingerprint density at radius 2 is 1.60 bits per heavy atom. The predicted octanol–water partition coefficient (Wildman–Crippen LogP) is 5.03. The van der Waals surface area contributed by atoms with Gasteiger partial charge in [0.2, 0.25) is 0 Å². The Morgan fingerprint density at radius 1 is 0.886 bits per heavy atom. The molecule has 0 saturated carbocycles. The van der Waals surface area contributed by atoms with E-state index in [4.69, 9.17) is 4.55 Å². The van der Waals surface area contributed by atoms with Crippen LogP contribution in [-0.4, -0.2) is 23.5 Å². The number of rotatable bonds is 6.